The molecule has 0 bridgehead atoms. The smallest absolute Gasteiger partial charge is 0.220 e. The van der Waals surface area contributed by atoms with Crippen LogP contribution in [0.1, 0.15) is 32.3 Å². The molecule has 0 saturated carbocycles. The predicted molar refractivity (Wildman–Crippen MR) is 76.9 cm³/mol. The first kappa shape index (κ1) is 15.0. The number of carbonyl (C=O) groups is 1. The third-order valence-corrected chi connectivity index (χ3v) is 3.27. The van der Waals surface area contributed by atoms with Gasteiger partial charge in [0.15, 0.2) is 0 Å². The highest BCUT2D eigenvalue weighted by molar-refractivity contribution is 6.17. The fourth-order valence-corrected chi connectivity index (χ4v) is 2.11. The number of carbonyl (C=O) groups excluding carboxylic acids is 1. The van der Waals surface area contributed by atoms with Crippen molar-refractivity contribution in [3.63, 3.8) is 0 Å². The van der Waals surface area contributed by atoms with Crippen LogP contribution < -0.4 is 5.32 Å². The van der Waals surface area contributed by atoms with E-state index in [0.29, 0.717) is 18.2 Å². The number of hydrogen-bond acceptors (Lipinski definition) is 1. The number of amides is 1. The summed E-state index contributed by atoms with van der Waals surface area (Å²) in [6.45, 7) is 4.21. The van der Waals surface area contributed by atoms with Gasteiger partial charge in [0.1, 0.15) is 0 Å². The molecule has 1 aromatic rings. The molecule has 0 radical (unpaired) electrons. The molecular weight excluding hydrogens is 246 g/mol. The first-order valence-corrected chi connectivity index (χ1v) is 7.06. The van der Waals surface area contributed by atoms with Gasteiger partial charge in [-0.3, -0.25) is 4.79 Å². The zero-order valence-corrected chi connectivity index (χ0v) is 11.9. The second-order valence-electron chi connectivity index (χ2n) is 4.88. The second kappa shape index (κ2) is 8.15. The van der Waals surface area contributed by atoms with Crippen molar-refractivity contribution in [1.29, 1.82) is 0 Å². The number of rotatable bonds is 7. The van der Waals surface area contributed by atoms with Gasteiger partial charge in [-0.15, -0.1) is 11.6 Å². The van der Waals surface area contributed by atoms with Gasteiger partial charge >= 0.3 is 0 Å². The molecule has 3 heteroatoms. The van der Waals surface area contributed by atoms with Crippen molar-refractivity contribution in [1.82, 2.24) is 5.32 Å². The Bertz CT molecular complexity index is 351. The van der Waals surface area contributed by atoms with Crippen molar-refractivity contribution >= 4 is 17.5 Å². The maximum Gasteiger partial charge on any atom is 0.220 e. The Morgan fingerprint density at radius 2 is 1.94 bits per heavy atom. The van der Waals surface area contributed by atoms with Crippen LogP contribution >= 0.6 is 11.6 Å². The molecule has 1 atom stereocenters. The zero-order valence-electron chi connectivity index (χ0n) is 11.2. The maximum atomic E-state index is 11.9. The van der Waals surface area contributed by atoms with Crippen molar-refractivity contribution in [2.24, 2.45) is 5.92 Å². The Morgan fingerprint density at radius 1 is 1.28 bits per heavy atom. The molecule has 1 aromatic carbocycles. The minimum Gasteiger partial charge on any atom is -0.353 e. The standard InChI is InChI=1S/C15H22ClNO/c1-12(2)14(10-11-16)17-15(18)9-8-13-6-4-3-5-7-13/h3-7,12,14H,8-11H2,1-2H3,(H,17,18). The summed E-state index contributed by atoms with van der Waals surface area (Å²) in [4.78, 5) is 11.9. The molecule has 18 heavy (non-hydrogen) atoms. The molecular formula is C15H22ClNO. The van der Waals surface area contributed by atoms with E-state index in [1.165, 1.54) is 5.56 Å². The van der Waals surface area contributed by atoms with E-state index in [9.17, 15) is 4.79 Å². The lowest BCUT2D eigenvalue weighted by atomic mass is 10.0. The fourth-order valence-electron chi connectivity index (χ4n) is 1.87. The van der Waals surface area contributed by atoms with Gasteiger partial charge in [-0.1, -0.05) is 44.2 Å². The van der Waals surface area contributed by atoms with E-state index in [0.717, 1.165) is 12.8 Å². The van der Waals surface area contributed by atoms with Crippen LogP contribution in [0.3, 0.4) is 0 Å². The Balaban J connectivity index is 2.36. The summed E-state index contributed by atoms with van der Waals surface area (Å²) in [7, 11) is 0. The largest absolute Gasteiger partial charge is 0.353 e. The summed E-state index contributed by atoms with van der Waals surface area (Å²) in [5.74, 6) is 1.12. The van der Waals surface area contributed by atoms with Crippen molar-refractivity contribution in [2.45, 2.75) is 39.2 Å². The molecule has 0 aliphatic carbocycles. The number of aryl methyl sites for hydroxylation is 1. The Kier molecular flexibility index (Phi) is 6.81. The van der Waals surface area contributed by atoms with Crippen molar-refractivity contribution < 1.29 is 4.79 Å². The van der Waals surface area contributed by atoms with Crippen molar-refractivity contribution in [3.8, 4) is 0 Å². The van der Waals surface area contributed by atoms with Crippen LogP contribution in [-0.2, 0) is 11.2 Å². The molecule has 1 amide bonds. The summed E-state index contributed by atoms with van der Waals surface area (Å²) in [5, 5.41) is 3.06. The summed E-state index contributed by atoms with van der Waals surface area (Å²) >= 11 is 5.75. The number of hydrogen-bond donors (Lipinski definition) is 1. The number of benzene rings is 1. The normalized spacial score (nSPS) is 12.4. The van der Waals surface area contributed by atoms with Crippen LogP contribution in [0.5, 0.6) is 0 Å². The molecule has 0 spiro atoms. The third kappa shape index (κ3) is 5.54. The molecule has 0 aliphatic heterocycles. The monoisotopic (exact) mass is 267 g/mol. The van der Waals surface area contributed by atoms with Crippen LogP contribution in [-0.4, -0.2) is 17.8 Å². The third-order valence-electron chi connectivity index (χ3n) is 3.05. The van der Waals surface area contributed by atoms with Gasteiger partial charge in [-0.05, 0) is 24.3 Å². The Labute approximate surface area is 115 Å². The van der Waals surface area contributed by atoms with E-state index >= 15 is 0 Å². The number of halogens is 1. The lowest BCUT2D eigenvalue weighted by molar-refractivity contribution is -0.122. The maximum absolute atomic E-state index is 11.9. The van der Waals surface area contributed by atoms with Crippen LogP contribution in [0.2, 0.25) is 0 Å². The summed E-state index contributed by atoms with van der Waals surface area (Å²) in [6.07, 6.45) is 2.16. The van der Waals surface area contributed by atoms with Crippen LogP contribution in [0, 0.1) is 5.92 Å². The van der Waals surface area contributed by atoms with Crippen LogP contribution in [0.4, 0.5) is 0 Å². The molecule has 2 nitrogen and oxygen atoms in total. The summed E-state index contributed by atoms with van der Waals surface area (Å²) < 4.78 is 0. The molecule has 0 fully saturated rings. The highest BCUT2D eigenvalue weighted by atomic mass is 35.5. The van der Waals surface area contributed by atoms with Gasteiger partial charge in [-0.2, -0.15) is 0 Å². The van der Waals surface area contributed by atoms with Gasteiger partial charge in [-0.25, -0.2) is 0 Å². The topological polar surface area (TPSA) is 29.1 Å². The van der Waals surface area contributed by atoms with Crippen LogP contribution in [0.15, 0.2) is 30.3 Å². The average Bonchev–Trinajstić information content (AvgIpc) is 2.37. The Hall–Kier alpha value is -1.02. The van der Waals surface area contributed by atoms with E-state index < -0.39 is 0 Å². The predicted octanol–water partition coefficient (Wildman–Crippen LogP) is 3.39. The Morgan fingerprint density at radius 3 is 2.50 bits per heavy atom. The fraction of sp³-hybridized carbons (Fsp3) is 0.533. The second-order valence-corrected chi connectivity index (χ2v) is 5.26. The number of alkyl halides is 1. The summed E-state index contributed by atoms with van der Waals surface area (Å²) in [6, 6.07) is 10.3. The van der Waals surface area contributed by atoms with E-state index in [1.54, 1.807) is 0 Å². The first-order valence-electron chi connectivity index (χ1n) is 6.52. The minimum absolute atomic E-state index is 0.114. The molecule has 100 valence electrons. The molecule has 0 heterocycles. The van der Waals surface area contributed by atoms with E-state index in [4.69, 9.17) is 11.6 Å². The van der Waals surface area contributed by atoms with Gasteiger partial charge in [0, 0.05) is 18.3 Å². The number of nitrogens with one attached hydrogen (secondary N) is 1. The average molecular weight is 268 g/mol. The van der Waals surface area contributed by atoms with Gasteiger partial charge in [0.25, 0.3) is 0 Å². The van der Waals surface area contributed by atoms with Gasteiger partial charge in [0.05, 0.1) is 0 Å². The highest BCUT2D eigenvalue weighted by Gasteiger charge is 2.15. The highest BCUT2D eigenvalue weighted by Crippen LogP contribution is 2.08. The molecule has 0 aliphatic rings. The zero-order chi connectivity index (χ0) is 13.4. The van der Waals surface area contributed by atoms with Crippen molar-refractivity contribution in [2.75, 3.05) is 5.88 Å². The van der Waals surface area contributed by atoms with E-state index in [1.807, 2.05) is 30.3 Å². The minimum atomic E-state index is 0.114. The molecule has 0 saturated heterocycles. The lowest BCUT2D eigenvalue weighted by Crippen LogP contribution is -2.38. The van der Waals surface area contributed by atoms with Crippen LogP contribution in [0.25, 0.3) is 0 Å². The van der Waals surface area contributed by atoms with Crippen molar-refractivity contribution in [3.05, 3.63) is 35.9 Å². The van der Waals surface area contributed by atoms with Gasteiger partial charge < -0.3 is 5.32 Å². The molecule has 1 unspecified atom stereocenters. The molecule has 0 aromatic heterocycles. The quantitative estimate of drug-likeness (QED) is 0.754. The van der Waals surface area contributed by atoms with Gasteiger partial charge in [0.2, 0.25) is 5.91 Å². The first-order chi connectivity index (χ1) is 8.63. The summed E-state index contributed by atoms with van der Waals surface area (Å²) in [5.41, 5.74) is 1.20. The molecule has 1 N–H and O–H groups in total. The SMILES string of the molecule is CC(C)C(CCCl)NC(=O)CCc1ccccc1. The lowest BCUT2D eigenvalue weighted by Gasteiger charge is -2.21. The van der Waals surface area contributed by atoms with E-state index in [2.05, 4.69) is 19.2 Å². The van der Waals surface area contributed by atoms with E-state index in [-0.39, 0.29) is 11.9 Å². The molecule has 1 rings (SSSR count).